The lowest BCUT2D eigenvalue weighted by Gasteiger charge is -2.01. The summed E-state index contributed by atoms with van der Waals surface area (Å²) in [7, 11) is 0. The third-order valence-corrected chi connectivity index (χ3v) is 1.94. The molecule has 0 saturated heterocycles. The molecule has 4 heteroatoms. The van der Waals surface area contributed by atoms with Gasteiger partial charge in [-0.15, -0.1) is 0 Å². The highest BCUT2D eigenvalue weighted by Gasteiger charge is 1.97. The van der Waals surface area contributed by atoms with Gasteiger partial charge in [0.05, 0.1) is 6.54 Å². The molecule has 2 rings (SSSR count). The van der Waals surface area contributed by atoms with Crippen LogP contribution in [0.2, 0.25) is 0 Å². The highest BCUT2D eigenvalue weighted by atomic mass is 15.3. The summed E-state index contributed by atoms with van der Waals surface area (Å²) in [6.45, 7) is 2.74. The van der Waals surface area contributed by atoms with Crippen LogP contribution in [0, 0.1) is 6.92 Å². The highest BCUT2D eigenvalue weighted by molar-refractivity contribution is 5.24. The number of aryl methyl sites for hydroxylation is 1. The average Bonchev–Trinajstić information content (AvgIpc) is 2.51. The van der Waals surface area contributed by atoms with Crippen LogP contribution in [0.1, 0.15) is 11.1 Å². The van der Waals surface area contributed by atoms with Crippen molar-refractivity contribution in [2.24, 2.45) is 0 Å². The second-order valence-electron chi connectivity index (χ2n) is 3.31. The van der Waals surface area contributed by atoms with Crippen molar-refractivity contribution in [1.82, 2.24) is 14.8 Å². The van der Waals surface area contributed by atoms with Gasteiger partial charge in [0, 0.05) is 18.6 Å². The van der Waals surface area contributed by atoms with E-state index in [2.05, 4.69) is 16.1 Å². The van der Waals surface area contributed by atoms with Crippen molar-refractivity contribution in [2.75, 3.05) is 5.73 Å². The third kappa shape index (κ3) is 1.90. The molecule has 0 atom stereocenters. The third-order valence-electron chi connectivity index (χ3n) is 1.94. The number of rotatable bonds is 2. The molecule has 0 radical (unpaired) electrons. The SMILES string of the molecule is Cc1cncc(Cn2ccc(N)n2)c1. The van der Waals surface area contributed by atoms with Gasteiger partial charge < -0.3 is 5.73 Å². The lowest BCUT2D eigenvalue weighted by molar-refractivity contribution is 0.687. The molecule has 0 amide bonds. The van der Waals surface area contributed by atoms with E-state index in [0.717, 1.165) is 11.1 Å². The Labute approximate surface area is 82.4 Å². The molecule has 2 heterocycles. The van der Waals surface area contributed by atoms with Gasteiger partial charge in [-0.05, 0) is 24.1 Å². The smallest absolute Gasteiger partial charge is 0.145 e. The lowest BCUT2D eigenvalue weighted by atomic mass is 10.2. The van der Waals surface area contributed by atoms with Crippen LogP contribution >= 0.6 is 0 Å². The normalized spacial score (nSPS) is 10.4. The summed E-state index contributed by atoms with van der Waals surface area (Å²) in [6.07, 6.45) is 5.53. The Morgan fingerprint density at radius 3 is 2.93 bits per heavy atom. The molecule has 2 aromatic heterocycles. The minimum atomic E-state index is 0.547. The number of nitrogen functional groups attached to an aromatic ring is 1. The predicted molar refractivity (Wildman–Crippen MR) is 54.7 cm³/mol. The quantitative estimate of drug-likeness (QED) is 0.770. The minimum Gasteiger partial charge on any atom is -0.382 e. The van der Waals surface area contributed by atoms with Crippen LogP contribution in [-0.2, 0) is 6.54 Å². The molecule has 0 fully saturated rings. The zero-order chi connectivity index (χ0) is 9.97. The molecule has 14 heavy (non-hydrogen) atoms. The van der Waals surface area contributed by atoms with E-state index >= 15 is 0 Å². The van der Waals surface area contributed by atoms with Crippen LogP contribution in [0.4, 0.5) is 5.82 Å². The lowest BCUT2D eigenvalue weighted by Crippen LogP contribution is -2.01. The molecular weight excluding hydrogens is 176 g/mol. The molecule has 0 spiro atoms. The monoisotopic (exact) mass is 188 g/mol. The zero-order valence-corrected chi connectivity index (χ0v) is 8.01. The van der Waals surface area contributed by atoms with Gasteiger partial charge in [0.2, 0.25) is 0 Å². The second-order valence-corrected chi connectivity index (χ2v) is 3.31. The summed E-state index contributed by atoms with van der Waals surface area (Å²) in [4.78, 5) is 4.11. The van der Waals surface area contributed by atoms with Crippen LogP contribution in [0.15, 0.2) is 30.7 Å². The van der Waals surface area contributed by atoms with Crippen LogP contribution in [-0.4, -0.2) is 14.8 Å². The van der Waals surface area contributed by atoms with Crippen molar-refractivity contribution in [1.29, 1.82) is 0 Å². The molecule has 0 saturated carbocycles. The van der Waals surface area contributed by atoms with Crippen molar-refractivity contribution in [3.63, 3.8) is 0 Å². The maximum Gasteiger partial charge on any atom is 0.145 e. The van der Waals surface area contributed by atoms with E-state index in [1.54, 1.807) is 10.7 Å². The minimum absolute atomic E-state index is 0.547. The van der Waals surface area contributed by atoms with Gasteiger partial charge in [-0.2, -0.15) is 5.10 Å². The van der Waals surface area contributed by atoms with Crippen LogP contribution in [0.5, 0.6) is 0 Å². The molecule has 0 aromatic carbocycles. The van der Waals surface area contributed by atoms with Crippen LogP contribution < -0.4 is 5.73 Å². The van der Waals surface area contributed by atoms with E-state index < -0.39 is 0 Å². The molecule has 0 aliphatic rings. The Kier molecular flexibility index (Phi) is 2.18. The van der Waals surface area contributed by atoms with Gasteiger partial charge in [0.25, 0.3) is 0 Å². The van der Waals surface area contributed by atoms with Crippen LogP contribution in [0.25, 0.3) is 0 Å². The van der Waals surface area contributed by atoms with Gasteiger partial charge in [-0.1, -0.05) is 6.07 Å². The Morgan fingerprint density at radius 1 is 1.43 bits per heavy atom. The summed E-state index contributed by atoms with van der Waals surface area (Å²) in [5.41, 5.74) is 7.80. The van der Waals surface area contributed by atoms with Crippen LogP contribution in [0.3, 0.4) is 0 Å². The first-order valence-corrected chi connectivity index (χ1v) is 4.43. The zero-order valence-electron chi connectivity index (χ0n) is 8.01. The molecule has 72 valence electrons. The van der Waals surface area contributed by atoms with Crippen molar-refractivity contribution < 1.29 is 0 Å². The maximum absolute atomic E-state index is 5.51. The van der Waals surface area contributed by atoms with Gasteiger partial charge in [0.15, 0.2) is 0 Å². The molecule has 0 aliphatic heterocycles. The number of aromatic nitrogens is 3. The number of anilines is 1. The summed E-state index contributed by atoms with van der Waals surface area (Å²) >= 11 is 0. The van der Waals surface area contributed by atoms with Gasteiger partial charge >= 0.3 is 0 Å². The van der Waals surface area contributed by atoms with Crippen molar-refractivity contribution in [3.8, 4) is 0 Å². The first kappa shape index (κ1) is 8.74. The number of hydrogen-bond acceptors (Lipinski definition) is 3. The van der Waals surface area contributed by atoms with Crippen molar-refractivity contribution in [2.45, 2.75) is 13.5 Å². The van der Waals surface area contributed by atoms with E-state index in [0.29, 0.717) is 12.4 Å². The molecule has 2 N–H and O–H groups in total. The summed E-state index contributed by atoms with van der Waals surface area (Å²) < 4.78 is 1.80. The van der Waals surface area contributed by atoms with E-state index in [4.69, 9.17) is 5.73 Å². The first-order chi connectivity index (χ1) is 6.74. The first-order valence-electron chi connectivity index (χ1n) is 4.43. The second kappa shape index (κ2) is 3.49. The number of nitrogens with two attached hydrogens (primary N) is 1. The number of hydrogen-bond donors (Lipinski definition) is 1. The highest BCUT2D eigenvalue weighted by Crippen LogP contribution is 2.04. The van der Waals surface area contributed by atoms with E-state index in [-0.39, 0.29) is 0 Å². The van der Waals surface area contributed by atoms with Gasteiger partial charge in [-0.25, -0.2) is 0 Å². The van der Waals surface area contributed by atoms with Crippen molar-refractivity contribution >= 4 is 5.82 Å². The molecule has 0 aliphatic carbocycles. The van der Waals surface area contributed by atoms with Crippen molar-refractivity contribution in [3.05, 3.63) is 41.9 Å². The summed E-state index contributed by atoms with van der Waals surface area (Å²) in [5, 5.41) is 4.10. The van der Waals surface area contributed by atoms with Gasteiger partial charge in [-0.3, -0.25) is 9.67 Å². The topological polar surface area (TPSA) is 56.7 Å². The molecule has 4 nitrogen and oxygen atoms in total. The molecule has 0 bridgehead atoms. The molecule has 2 aromatic rings. The summed E-state index contributed by atoms with van der Waals surface area (Å²) in [5.74, 6) is 0.547. The van der Waals surface area contributed by atoms with E-state index in [9.17, 15) is 0 Å². The fourth-order valence-electron chi connectivity index (χ4n) is 1.36. The maximum atomic E-state index is 5.51. The number of nitrogens with zero attached hydrogens (tertiary/aromatic N) is 3. The predicted octanol–water partition coefficient (Wildman–Crippen LogP) is 1.22. The van der Waals surface area contributed by atoms with E-state index in [1.807, 2.05) is 25.5 Å². The van der Waals surface area contributed by atoms with E-state index in [1.165, 1.54) is 0 Å². The standard InChI is InChI=1S/C10H12N4/c1-8-4-9(6-12-5-8)7-14-3-2-10(11)13-14/h2-6H,7H2,1H3,(H2,11,13). The Balaban J connectivity index is 2.18. The van der Waals surface area contributed by atoms with Gasteiger partial charge in [0.1, 0.15) is 5.82 Å². The Morgan fingerprint density at radius 2 is 2.29 bits per heavy atom. The largest absolute Gasteiger partial charge is 0.382 e. The summed E-state index contributed by atoms with van der Waals surface area (Å²) in [6, 6.07) is 3.87. The molecular formula is C10H12N4. The molecule has 0 unspecified atom stereocenters. The number of pyridine rings is 1. The Bertz CT molecular complexity index is 433. The average molecular weight is 188 g/mol. The fourth-order valence-corrected chi connectivity index (χ4v) is 1.36. The fraction of sp³-hybridized carbons (Fsp3) is 0.200. The Hall–Kier alpha value is -1.84.